The largest absolute Gasteiger partial charge is 0.467 e. The van der Waals surface area contributed by atoms with E-state index in [0.29, 0.717) is 34.5 Å². The molecule has 124 valence electrons. The molecule has 0 fully saturated rings. The molecule has 0 bridgehead atoms. The van der Waals surface area contributed by atoms with E-state index in [4.69, 9.17) is 9.26 Å². The molecule has 0 spiro atoms. The molecule has 0 aliphatic heterocycles. The van der Waals surface area contributed by atoms with Crippen LogP contribution in [0, 0.1) is 19.8 Å². The smallest absolute Gasteiger partial charge is 0.328 e. The van der Waals surface area contributed by atoms with Crippen molar-refractivity contribution in [3.05, 3.63) is 23.0 Å². The van der Waals surface area contributed by atoms with Gasteiger partial charge in [-0.3, -0.25) is 4.79 Å². The van der Waals surface area contributed by atoms with Gasteiger partial charge in [-0.15, -0.1) is 0 Å². The van der Waals surface area contributed by atoms with Crippen molar-refractivity contribution in [1.29, 1.82) is 0 Å². The van der Waals surface area contributed by atoms with E-state index in [1.165, 1.54) is 7.11 Å². The SMILES string of the molecule is COC(=O)[C@@H](CC(C)C)NC(=O)c1cc(C)nc2onc(C)c12. The standard InChI is InChI=1S/C16H21N3O4/c1-8(2)6-12(16(21)22-5)18-14(20)11-7-9(3)17-15-13(11)10(4)19-23-15/h7-8,12H,6H2,1-5H3,(H,18,20)/t12-/m1/s1. The number of amides is 1. The Labute approximate surface area is 134 Å². The summed E-state index contributed by atoms with van der Waals surface area (Å²) in [6.07, 6.45) is 0.494. The van der Waals surface area contributed by atoms with Gasteiger partial charge in [-0.05, 0) is 32.3 Å². The topological polar surface area (TPSA) is 94.3 Å². The number of aromatic nitrogens is 2. The molecule has 0 saturated carbocycles. The summed E-state index contributed by atoms with van der Waals surface area (Å²) >= 11 is 0. The third kappa shape index (κ3) is 3.67. The van der Waals surface area contributed by atoms with Crippen LogP contribution in [0.3, 0.4) is 0 Å². The van der Waals surface area contributed by atoms with Gasteiger partial charge < -0.3 is 14.6 Å². The summed E-state index contributed by atoms with van der Waals surface area (Å²) < 4.78 is 9.90. The van der Waals surface area contributed by atoms with Crippen molar-refractivity contribution >= 4 is 23.0 Å². The highest BCUT2D eigenvalue weighted by atomic mass is 16.5. The highest BCUT2D eigenvalue weighted by Gasteiger charge is 2.25. The summed E-state index contributed by atoms with van der Waals surface area (Å²) in [6, 6.07) is 0.960. The van der Waals surface area contributed by atoms with Gasteiger partial charge in [0.05, 0.1) is 23.8 Å². The Morgan fingerprint density at radius 2 is 2.04 bits per heavy atom. The van der Waals surface area contributed by atoms with Crippen LogP contribution in [-0.2, 0) is 9.53 Å². The predicted octanol–water partition coefficient (Wildman–Crippen LogP) is 2.16. The van der Waals surface area contributed by atoms with E-state index < -0.39 is 12.0 Å². The first kappa shape index (κ1) is 16.9. The number of aryl methyl sites for hydroxylation is 2. The summed E-state index contributed by atoms with van der Waals surface area (Å²) in [4.78, 5) is 28.8. The Bertz CT molecular complexity index is 736. The minimum absolute atomic E-state index is 0.232. The molecule has 2 heterocycles. The zero-order chi connectivity index (χ0) is 17.1. The van der Waals surface area contributed by atoms with E-state index in [-0.39, 0.29) is 11.8 Å². The number of carbonyl (C=O) groups excluding carboxylic acids is 2. The maximum atomic E-state index is 12.7. The van der Waals surface area contributed by atoms with Gasteiger partial charge >= 0.3 is 5.97 Å². The lowest BCUT2D eigenvalue weighted by molar-refractivity contribution is -0.143. The van der Waals surface area contributed by atoms with Crippen LogP contribution in [0.1, 0.15) is 42.0 Å². The Hall–Kier alpha value is -2.44. The Morgan fingerprint density at radius 1 is 1.35 bits per heavy atom. The molecule has 0 unspecified atom stereocenters. The number of esters is 1. The van der Waals surface area contributed by atoms with Crippen molar-refractivity contribution in [3.8, 4) is 0 Å². The second-order valence-corrected chi connectivity index (χ2v) is 5.94. The van der Waals surface area contributed by atoms with Crippen LogP contribution in [-0.4, -0.2) is 35.2 Å². The van der Waals surface area contributed by atoms with Crippen LogP contribution in [0.4, 0.5) is 0 Å². The van der Waals surface area contributed by atoms with Crippen molar-refractivity contribution in [1.82, 2.24) is 15.5 Å². The molecule has 0 aliphatic rings. The van der Waals surface area contributed by atoms with Gasteiger partial charge in [0, 0.05) is 5.69 Å². The number of hydrogen-bond donors (Lipinski definition) is 1. The van der Waals surface area contributed by atoms with Gasteiger partial charge in [0.15, 0.2) is 0 Å². The predicted molar refractivity (Wildman–Crippen MR) is 84.0 cm³/mol. The molecule has 23 heavy (non-hydrogen) atoms. The second-order valence-electron chi connectivity index (χ2n) is 5.94. The molecule has 2 aromatic rings. The van der Waals surface area contributed by atoms with E-state index >= 15 is 0 Å². The number of nitrogens with zero attached hydrogens (tertiary/aromatic N) is 2. The zero-order valence-corrected chi connectivity index (χ0v) is 14.0. The number of carbonyl (C=O) groups is 2. The number of nitrogens with one attached hydrogen (secondary N) is 1. The number of fused-ring (bicyclic) bond motifs is 1. The van der Waals surface area contributed by atoms with Crippen molar-refractivity contribution in [2.45, 2.75) is 40.2 Å². The molecule has 1 N–H and O–H groups in total. The molecule has 0 saturated heterocycles. The third-order valence-corrected chi connectivity index (χ3v) is 3.49. The Morgan fingerprint density at radius 3 is 2.65 bits per heavy atom. The van der Waals surface area contributed by atoms with Crippen LogP contribution in [0.25, 0.3) is 11.1 Å². The summed E-state index contributed by atoms with van der Waals surface area (Å²) in [5.41, 5.74) is 1.92. The van der Waals surface area contributed by atoms with E-state index in [2.05, 4.69) is 15.5 Å². The maximum Gasteiger partial charge on any atom is 0.328 e. The second kappa shape index (κ2) is 6.76. The highest BCUT2D eigenvalue weighted by molar-refractivity contribution is 6.07. The Kier molecular flexibility index (Phi) is 4.98. The average molecular weight is 319 g/mol. The molecule has 1 atom stereocenters. The summed E-state index contributed by atoms with van der Waals surface area (Å²) in [5.74, 6) is -0.602. The van der Waals surface area contributed by atoms with Gasteiger partial charge in [-0.2, -0.15) is 0 Å². The lowest BCUT2D eigenvalue weighted by atomic mass is 10.0. The first-order valence-electron chi connectivity index (χ1n) is 7.45. The average Bonchev–Trinajstić information content (AvgIpc) is 2.85. The van der Waals surface area contributed by atoms with Gasteiger partial charge in [-0.1, -0.05) is 19.0 Å². The first-order chi connectivity index (χ1) is 10.8. The van der Waals surface area contributed by atoms with Crippen LogP contribution in [0.2, 0.25) is 0 Å². The minimum Gasteiger partial charge on any atom is -0.467 e. The van der Waals surface area contributed by atoms with E-state index in [0.717, 1.165) is 0 Å². The fourth-order valence-electron chi connectivity index (χ4n) is 2.46. The third-order valence-electron chi connectivity index (χ3n) is 3.49. The number of pyridine rings is 1. The lowest BCUT2D eigenvalue weighted by Gasteiger charge is -2.18. The van der Waals surface area contributed by atoms with Crippen molar-refractivity contribution in [2.24, 2.45) is 5.92 Å². The molecule has 2 rings (SSSR count). The summed E-state index contributed by atoms with van der Waals surface area (Å²) in [6.45, 7) is 7.45. The van der Waals surface area contributed by atoms with Crippen molar-refractivity contribution < 1.29 is 18.8 Å². The van der Waals surface area contributed by atoms with Gasteiger partial charge in [0.25, 0.3) is 11.6 Å². The van der Waals surface area contributed by atoms with Gasteiger partial charge in [0.2, 0.25) is 0 Å². The molecule has 0 radical (unpaired) electrons. The molecule has 7 nitrogen and oxygen atoms in total. The van der Waals surface area contributed by atoms with E-state index in [1.807, 2.05) is 13.8 Å². The molecule has 7 heteroatoms. The van der Waals surface area contributed by atoms with Crippen LogP contribution in [0.15, 0.2) is 10.6 Å². The molecular formula is C16H21N3O4. The number of methoxy groups -OCH3 is 1. The first-order valence-corrected chi connectivity index (χ1v) is 7.45. The van der Waals surface area contributed by atoms with Crippen molar-refractivity contribution in [2.75, 3.05) is 7.11 Å². The summed E-state index contributed by atoms with van der Waals surface area (Å²) in [5, 5.41) is 7.15. The van der Waals surface area contributed by atoms with Crippen molar-refractivity contribution in [3.63, 3.8) is 0 Å². The van der Waals surface area contributed by atoms with Gasteiger partial charge in [-0.25, -0.2) is 9.78 Å². The summed E-state index contributed by atoms with van der Waals surface area (Å²) in [7, 11) is 1.31. The number of ether oxygens (including phenoxy) is 1. The molecule has 0 aliphatic carbocycles. The highest BCUT2D eigenvalue weighted by Crippen LogP contribution is 2.22. The molecule has 0 aromatic carbocycles. The number of rotatable bonds is 5. The van der Waals surface area contributed by atoms with Crippen LogP contribution >= 0.6 is 0 Å². The minimum atomic E-state index is -0.698. The molecule has 1 amide bonds. The Balaban J connectivity index is 2.35. The maximum absolute atomic E-state index is 12.7. The van der Waals surface area contributed by atoms with Crippen LogP contribution < -0.4 is 5.32 Å². The lowest BCUT2D eigenvalue weighted by Crippen LogP contribution is -2.42. The fourth-order valence-corrected chi connectivity index (χ4v) is 2.46. The van der Waals surface area contributed by atoms with Gasteiger partial charge in [0.1, 0.15) is 6.04 Å². The number of hydrogen-bond acceptors (Lipinski definition) is 6. The monoisotopic (exact) mass is 319 g/mol. The fraction of sp³-hybridized carbons (Fsp3) is 0.500. The quantitative estimate of drug-likeness (QED) is 0.849. The van der Waals surface area contributed by atoms with Crippen LogP contribution in [0.5, 0.6) is 0 Å². The van der Waals surface area contributed by atoms with E-state index in [9.17, 15) is 9.59 Å². The zero-order valence-electron chi connectivity index (χ0n) is 14.0. The van der Waals surface area contributed by atoms with E-state index in [1.54, 1.807) is 19.9 Å². The normalized spacial score (nSPS) is 12.4. The molecular weight excluding hydrogens is 298 g/mol. The molecule has 2 aromatic heterocycles.